The molecule has 1 rings (SSSR count). The highest BCUT2D eigenvalue weighted by molar-refractivity contribution is 7.59. The van der Waals surface area contributed by atoms with Crippen LogP contribution in [0.25, 0.3) is 0 Å². The average Bonchev–Trinajstić information content (AvgIpc) is 1.83. The van der Waals surface area contributed by atoms with Gasteiger partial charge in [-0.3, -0.25) is 4.98 Å². The lowest BCUT2D eigenvalue weighted by molar-refractivity contribution is 1.20. The molecule has 0 aliphatic rings. The molecule has 0 aromatic carbocycles. The summed E-state index contributed by atoms with van der Waals surface area (Å²) in [5.74, 6) is 0. The van der Waals surface area contributed by atoms with Crippen molar-refractivity contribution in [1.82, 2.24) is 4.98 Å². The Morgan fingerprint density at radius 2 is 2.00 bits per heavy atom. The number of hydrogen-bond donors (Lipinski definition) is 0. The second kappa shape index (κ2) is 4.06. The van der Waals surface area contributed by atoms with Gasteiger partial charge in [0, 0.05) is 6.20 Å². The van der Waals surface area contributed by atoms with Crippen LogP contribution in [0.3, 0.4) is 0 Å². The van der Waals surface area contributed by atoms with E-state index in [4.69, 9.17) is 23.2 Å². The molecule has 4 heteroatoms. The van der Waals surface area contributed by atoms with Crippen molar-refractivity contribution in [2.45, 2.75) is 6.92 Å². The van der Waals surface area contributed by atoms with Gasteiger partial charge >= 0.3 is 0 Å². The molecule has 0 aliphatic carbocycles. The van der Waals surface area contributed by atoms with Crippen molar-refractivity contribution in [2.24, 2.45) is 0 Å². The lowest BCUT2D eigenvalue weighted by atomic mass is 10.4. The molecule has 0 radical (unpaired) electrons. The molecule has 0 amide bonds. The number of aromatic nitrogens is 1. The molecule has 0 spiro atoms. The number of rotatable bonds is 0. The lowest BCUT2D eigenvalue weighted by Gasteiger charge is -1.95. The largest absolute Gasteiger partial charge is 0.260 e. The first-order valence-corrected chi connectivity index (χ1v) is 3.24. The van der Waals surface area contributed by atoms with Gasteiger partial charge in [0.25, 0.3) is 0 Å². The van der Waals surface area contributed by atoms with E-state index in [1.54, 1.807) is 12.3 Å². The fourth-order valence-electron chi connectivity index (χ4n) is 0.517. The summed E-state index contributed by atoms with van der Waals surface area (Å²) in [6, 6.07) is 1.66. The van der Waals surface area contributed by atoms with E-state index < -0.39 is 0 Å². The quantitative estimate of drug-likeness (QED) is 0.621. The number of aryl methyl sites for hydroxylation is 1. The first-order chi connectivity index (χ1) is 4.22. The van der Waals surface area contributed by atoms with E-state index in [-0.39, 0.29) is 13.5 Å². The van der Waals surface area contributed by atoms with Crippen LogP contribution in [0.2, 0.25) is 10.0 Å². The fraction of sp³-hybridized carbons (Fsp3) is 0.167. The molecule has 1 aromatic heterocycles. The van der Waals surface area contributed by atoms with Crippen molar-refractivity contribution in [3.63, 3.8) is 0 Å². The maximum absolute atomic E-state index is 5.68. The predicted octanol–water partition coefficient (Wildman–Crippen LogP) is 2.81. The van der Waals surface area contributed by atoms with Gasteiger partial charge in [0.2, 0.25) is 0 Å². The van der Waals surface area contributed by atoms with Gasteiger partial charge in [-0.2, -0.15) is 13.5 Å². The van der Waals surface area contributed by atoms with Crippen LogP contribution >= 0.6 is 36.7 Å². The second-order valence-electron chi connectivity index (χ2n) is 1.69. The fourth-order valence-corrected chi connectivity index (χ4v) is 0.822. The minimum absolute atomic E-state index is 0. The Morgan fingerprint density at radius 3 is 2.40 bits per heavy atom. The SMILES string of the molecule is Cc1nccc(Cl)c1Cl.S. The van der Waals surface area contributed by atoms with Gasteiger partial charge in [0.05, 0.1) is 15.7 Å². The van der Waals surface area contributed by atoms with Crippen LogP contribution in [0.5, 0.6) is 0 Å². The molecule has 0 N–H and O–H groups in total. The monoisotopic (exact) mass is 195 g/mol. The first-order valence-electron chi connectivity index (χ1n) is 2.48. The average molecular weight is 196 g/mol. The third-order valence-electron chi connectivity index (χ3n) is 1.02. The Bertz CT molecular complexity index is 207. The van der Waals surface area contributed by atoms with Crippen LogP contribution in [0.15, 0.2) is 12.3 Å². The van der Waals surface area contributed by atoms with Gasteiger partial charge < -0.3 is 0 Å². The molecule has 0 aliphatic heterocycles. The Morgan fingerprint density at radius 1 is 1.40 bits per heavy atom. The molecule has 0 fully saturated rings. The van der Waals surface area contributed by atoms with Crippen LogP contribution in [0.1, 0.15) is 5.69 Å². The molecule has 1 aromatic rings. The minimum Gasteiger partial charge on any atom is -0.260 e. The molecular formula is C6H7Cl2NS. The van der Waals surface area contributed by atoms with Crippen molar-refractivity contribution in [2.75, 3.05) is 0 Å². The zero-order valence-electron chi connectivity index (χ0n) is 5.36. The van der Waals surface area contributed by atoms with E-state index in [0.717, 1.165) is 5.69 Å². The summed E-state index contributed by atoms with van der Waals surface area (Å²) in [7, 11) is 0. The highest BCUT2D eigenvalue weighted by Gasteiger charge is 1.98. The van der Waals surface area contributed by atoms with Crippen LogP contribution in [-0.4, -0.2) is 4.98 Å². The zero-order chi connectivity index (χ0) is 6.85. The van der Waals surface area contributed by atoms with Gasteiger partial charge in [0.1, 0.15) is 0 Å². The summed E-state index contributed by atoms with van der Waals surface area (Å²) in [6.07, 6.45) is 1.63. The zero-order valence-corrected chi connectivity index (χ0v) is 7.87. The van der Waals surface area contributed by atoms with Gasteiger partial charge in [-0.1, -0.05) is 23.2 Å². The van der Waals surface area contributed by atoms with Gasteiger partial charge in [-0.15, -0.1) is 0 Å². The van der Waals surface area contributed by atoms with Gasteiger partial charge in [0.15, 0.2) is 0 Å². The van der Waals surface area contributed by atoms with Crippen molar-refractivity contribution < 1.29 is 0 Å². The maximum Gasteiger partial charge on any atom is 0.0804 e. The standard InChI is InChI=1S/C6H5Cl2N.H2S/c1-4-6(8)5(7)2-3-9-4;/h2-3H,1H3;1H2. The molecule has 1 heterocycles. The number of nitrogens with zero attached hydrogens (tertiary/aromatic N) is 1. The number of halogens is 2. The van der Waals surface area contributed by atoms with E-state index in [1.165, 1.54) is 0 Å². The van der Waals surface area contributed by atoms with Crippen LogP contribution in [-0.2, 0) is 0 Å². The molecule has 0 bridgehead atoms. The van der Waals surface area contributed by atoms with Crippen molar-refractivity contribution in [3.05, 3.63) is 28.0 Å². The van der Waals surface area contributed by atoms with Crippen molar-refractivity contribution in [1.29, 1.82) is 0 Å². The van der Waals surface area contributed by atoms with Crippen LogP contribution < -0.4 is 0 Å². The Kier molecular flexibility index (Phi) is 4.09. The van der Waals surface area contributed by atoms with Crippen molar-refractivity contribution >= 4 is 36.7 Å². The number of hydrogen-bond acceptors (Lipinski definition) is 1. The van der Waals surface area contributed by atoms with E-state index >= 15 is 0 Å². The van der Waals surface area contributed by atoms with E-state index in [0.29, 0.717) is 10.0 Å². The summed E-state index contributed by atoms with van der Waals surface area (Å²) in [5.41, 5.74) is 0.768. The normalized spacial score (nSPS) is 8.70. The number of pyridine rings is 1. The summed E-state index contributed by atoms with van der Waals surface area (Å²) < 4.78 is 0. The topological polar surface area (TPSA) is 12.9 Å². The molecule has 10 heavy (non-hydrogen) atoms. The Balaban J connectivity index is 0.000000810. The summed E-state index contributed by atoms with van der Waals surface area (Å²) >= 11 is 11.3. The van der Waals surface area contributed by atoms with Gasteiger partial charge in [-0.25, -0.2) is 0 Å². The molecular weight excluding hydrogens is 189 g/mol. The second-order valence-corrected chi connectivity index (χ2v) is 2.48. The predicted molar refractivity (Wildman–Crippen MR) is 49.4 cm³/mol. The van der Waals surface area contributed by atoms with E-state index in [9.17, 15) is 0 Å². The molecule has 0 saturated carbocycles. The molecule has 1 nitrogen and oxygen atoms in total. The van der Waals surface area contributed by atoms with Crippen LogP contribution in [0, 0.1) is 6.92 Å². The smallest absolute Gasteiger partial charge is 0.0804 e. The minimum atomic E-state index is 0. The molecule has 0 unspecified atom stereocenters. The lowest BCUT2D eigenvalue weighted by Crippen LogP contribution is -1.80. The summed E-state index contributed by atoms with van der Waals surface area (Å²) in [6.45, 7) is 1.81. The summed E-state index contributed by atoms with van der Waals surface area (Å²) in [4.78, 5) is 3.92. The molecule has 0 saturated heterocycles. The molecule has 0 atom stereocenters. The molecule has 56 valence electrons. The highest BCUT2D eigenvalue weighted by atomic mass is 35.5. The van der Waals surface area contributed by atoms with E-state index in [2.05, 4.69) is 4.98 Å². The first kappa shape index (κ1) is 10.1. The van der Waals surface area contributed by atoms with Crippen molar-refractivity contribution in [3.8, 4) is 0 Å². The summed E-state index contributed by atoms with van der Waals surface area (Å²) in [5, 5.41) is 1.10. The highest BCUT2D eigenvalue weighted by Crippen LogP contribution is 2.22. The van der Waals surface area contributed by atoms with Gasteiger partial charge in [-0.05, 0) is 13.0 Å². The third-order valence-corrected chi connectivity index (χ3v) is 1.91. The maximum atomic E-state index is 5.68. The Hall–Kier alpha value is 0.0800. The Labute approximate surface area is 76.8 Å². The van der Waals surface area contributed by atoms with Crippen LogP contribution in [0.4, 0.5) is 0 Å². The third kappa shape index (κ3) is 2.04. The van der Waals surface area contributed by atoms with E-state index in [1.807, 2.05) is 6.92 Å².